The van der Waals surface area contributed by atoms with Gasteiger partial charge < -0.3 is 11.1 Å². The predicted molar refractivity (Wildman–Crippen MR) is 68.2 cm³/mol. The van der Waals surface area contributed by atoms with Crippen LogP contribution in [-0.4, -0.2) is 13.1 Å². The third-order valence-electron chi connectivity index (χ3n) is 3.70. The van der Waals surface area contributed by atoms with Gasteiger partial charge in [-0.1, -0.05) is 43.7 Å². The fourth-order valence-electron chi connectivity index (χ4n) is 2.30. The maximum absolute atomic E-state index is 6.12. The van der Waals surface area contributed by atoms with Gasteiger partial charge in [-0.05, 0) is 23.8 Å². The number of hydrogen-bond donors (Lipinski definition) is 2. The van der Waals surface area contributed by atoms with Crippen LogP contribution in [0.1, 0.15) is 37.8 Å². The molecule has 1 aromatic rings. The van der Waals surface area contributed by atoms with Gasteiger partial charge in [0.25, 0.3) is 0 Å². The first-order chi connectivity index (χ1) is 7.70. The lowest BCUT2D eigenvalue weighted by Gasteiger charge is -2.38. The van der Waals surface area contributed by atoms with E-state index in [0.29, 0.717) is 5.41 Å². The van der Waals surface area contributed by atoms with Crippen molar-refractivity contribution < 1.29 is 0 Å². The largest absolute Gasteiger partial charge is 0.323 e. The molecule has 0 aromatic heterocycles. The standard InChI is InChI=1S/C14H22N2/c1-14(8-5-9-14)11-16-10-13(15)12-6-3-2-4-7-12/h2-4,6-7,13,16H,5,8-11,15H2,1H3. The Morgan fingerprint density at radius 3 is 2.56 bits per heavy atom. The van der Waals surface area contributed by atoms with Crippen LogP contribution in [0.15, 0.2) is 30.3 Å². The summed E-state index contributed by atoms with van der Waals surface area (Å²) in [5.74, 6) is 0. The predicted octanol–water partition coefficient (Wildman–Crippen LogP) is 2.47. The average molecular weight is 218 g/mol. The van der Waals surface area contributed by atoms with Crippen LogP contribution in [0.4, 0.5) is 0 Å². The molecule has 1 aliphatic rings. The third-order valence-corrected chi connectivity index (χ3v) is 3.70. The molecular weight excluding hydrogens is 196 g/mol. The summed E-state index contributed by atoms with van der Waals surface area (Å²) in [4.78, 5) is 0. The van der Waals surface area contributed by atoms with Gasteiger partial charge in [0, 0.05) is 19.1 Å². The summed E-state index contributed by atoms with van der Waals surface area (Å²) >= 11 is 0. The van der Waals surface area contributed by atoms with Crippen molar-refractivity contribution in [3.8, 4) is 0 Å². The number of nitrogens with two attached hydrogens (primary N) is 1. The Hall–Kier alpha value is -0.860. The molecule has 3 N–H and O–H groups in total. The zero-order valence-corrected chi connectivity index (χ0v) is 10.1. The van der Waals surface area contributed by atoms with Crippen molar-refractivity contribution in [1.29, 1.82) is 0 Å². The third kappa shape index (κ3) is 2.83. The molecule has 1 aromatic carbocycles. The van der Waals surface area contributed by atoms with E-state index < -0.39 is 0 Å². The molecule has 0 radical (unpaired) electrons. The second kappa shape index (κ2) is 4.98. The van der Waals surface area contributed by atoms with E-state index >= 15 is 0 Å². The molecule has 88 valence electrons. The van der Waals surface area contributed by atoms with Crippen LogP contribution in [0.5, 0.6) is 0 Å². The Kier molecular flexibility index (Phi) is 3.62. The van der Waals surface area contributed by atoms with Crippen LogP contribution in [0.2, 0.25) is 0 Å². The molecule has 0 heterocycles. The smallest absolute Gasteiger partial charge is 0.0421 e. The van der Waals surface area contributed by atoms with E-state index in [1.165, 1.54) is 24.8 Å². The molecule has 2 heteroatoms. The summed E-state index contributed by atoms with van der Waals surface area (Å²) in [7, 11) is 0. The minimum Gasteiger partial charge on any atom is -0.323 e. The number of rotatable bonds is 5. The van der Waals surface area contributed by atoms with Crippen LogP contribution in [-0.2, 0) is 0 Å². The molecule has 0 bridgehead atoms. The summed E-state index contributed by atoms with van der Waals surface area (Å²) in [5.41, 5.74) is 7.88. The van der Waals surface area contributed by atoms with Gasteiger partial charge in [-0.2, -0.15) is 0 Å². The van der Waals surface area contributed by atoms with E-state index in [9.17, 15) is 0 Å². The highest BCUT2D eigenvalue weighted by atomic mass is 14.9. The van der Waals surface area contributed by atoms with Gasteiger partial charge in [0.05, 0.1) is 0 Å². The molecule has 0 aliphatic heterocycles. The summed E-state index contributed by atoms with van der Waals surface area (Å²) in [6.45, 7) is 4.34. The van der Waals surface area contributed by atoms with Crippen molar-refractivity contribution in [3.05, 3.63) is 35.9 Å². The Bertz CT molecular complexity index is 317. The number of nitrogens with one attached hydrogen (secondary N) is 1. The topological polar surface area (TPSA) is 38.0 Å². The van der Waals surface area contributed by atoms with Crippen molar-refractivity contribution in [3.63, 3.8) is 0 Å². The van der Waals surface area contributed by atoms with E-state index in [1.807, 2.05) is 18.2 Å². The van der Waals surface area contributed by atoms with E-state index in [4.69, 9.17) is 5.73 Å². The molecule has 1 atom stereocenters. The Balaban J connectivity index is 1.74. The SMILES string of the molecule is CC1(CNCC(N)c2ccccc2)CCC1. The molecule has 1 fully saturated rings. The fourth-order valence-corrected chi connectivity index (χ4v) is 2.30. The van der Waals surface area contributed by atoms with Gasteiger partial charge in [0.2, 0.25) is 0 Å². The van der Waals surface area contributed by atoms with Gasteiger partial charge in [-0.25, -0.2) is 0 Å². The van der Waals surface area contributed by atoms with Crippen molar-refractivity contribution in [2.75, 3.05) is 13.1 Å². The second-order valence-corrected chi connectivity index (χ2v) is 5.31. The summed E-state index contributed by atoms with van der Waals surface area (Å²) < 4.78 is 0. The van der Waals surface area contributed by atoms with Crippen molar-refractivity contribution in [2.45, 2.75) is 32.2 Å². The van der Waals surface area contributed by atoms with Gasteiger partial charge in [0.1, 0.15) is 0 Å². The van der Waals surface area contributed by atoms with Gasteiger partial charge in [-0.15, -0.1) is 0 Å². The quantitative estimate of drug-likeness (QED) is 0.796. The zero-order valence-electron chi connectivity index (χ0n) is 10.1. The molecule has 2 nitrogen and oxygen atoms in total. The lowest BCUT2D eigenvalue weighted by Crippen LogP contribution is -2.39. The first kappa shape index (κ1) is 11.6. The van der Waals surface area contributed by atoms with Gasteiger partial charge in [0.15, 0.2) is 0 Å². The van der Waals surface area contributed by atoms with Gasteiger partial charge in [-0.3, -0.25) is 0 Å². The highest BCUT2D eigenvalue weighted by molar-refractivity contribution is 5.18. The molecule has 0 saturated heterocycles. The highest BCUT2D eigenvalue weighted by Gasteiger charge is 2.30. The van der Waals surface area contributed by atoms with Crippen molar-refractivity contribution >= 4 is 0 Å². The zero-order chi connectivity index (χ0) is 11.4. The van der Waals surface area contributed by atoms with E-state index in [0.717, 1.165) is 13.1 Å². The van der Waals surface area contributed by atoms with E-state index in [-0.39, 0.29) is 6.04 Å². The average Bonchev–Trinajstić information content (AvgIpc) is 2.28. The Morgan fingerprint density at radius 1 is 1.31 bits per heavy atom. The van der Waals surface area contributed by atoms with Crippen LogP contribution < -0.4 is 11.1 Å². The molecule has 0 amide bonds. The summed E-state index contributed by atoms with van der Waals surface area (Å²) in [6.07, 6.45) is 4.12. The first-order valence-corrected chi connectivity index (χ1v) is 6.21. The lowest BCUT2D eigenvalue weighted by molar-refractivity contribution is 0.156. The Morgan fingerprint density at radius 2 is 2.00 bits per heavy atom. The van der Waals surface area contributed by atoms with Crippen LogP contribution in [0, 0.1) is 5.41 Å². The molecule has 0 spiro atoms. The summed E-state index contributed by atoms with van der Waals surface area (Å²) in [6, 6.07) is 10.4. The number of benzene rings is 1. The monoisotopic (exact) mass is 218 g/mol. The molecular formula is C14H22N2. The van der Waals surface area contributed by atoms with Crippen LogP contribution >= 0.6 is 0 Å². The highest BCUT2D eigenvalue weighted by Crippen LogP contribution is 2.39. The first-order valence-electron chi connectivity index (χ1n) is 6.21. The normalized spacial score (nSPS) is 20.1. The van der Waals surface area contributed by atoms with Crippen molar-refractivity contribution in [1.82, 2.24) is 5.32 Å². The van der Waals surface area contributed by atoms with Gasteiger partial charge >= 0.3 is 0 Å². The summed E-state index contributed by atoms with van der Waals surface area (Å²) in [5, 5.41) is 3.50. The molecule has 16 heavy (non-hydrogen) atoms. The minimum atomic E-state index is 0.116. The maximum atomic E-state index is 6.12. The molecule has 2 rings (SSSR count). The molecule has 1 unspecified atom stereocenters. The van der Waals surface area contributed by atoms with E-state index in [1.54, 1.807) is 0 Å². The van der Waals surface area contributed by atoms with E-state index in [2.05, 4.69) is 24.4 Å². The van der Waals surface area contributed by atoms with Crippen molar-refractivity contribution in [2.24, 2.45) is 11.1 Å². The Labute approximate surface area is 98.2 Å². The molecule has 1 aliphatic carbocycles. The minimum absolute atomic E-state index is 0.116. The van der Waals surface area contributed by atoms with Crippen LogP contribution in [0.25, 0.3) is 0 Å². The fraction of sp³-hybridized carbons (Fsp3) is 0.571. The number of hydrogen-bond acceptors (Lipinski definition) is 2. The van der Waals surface area contributed by atoms with Crippen LogP contribution in [0.3, 0.4) is 0 Å². The maximum Gasteiger partial charge on any atom is 0.0421 e. The second-order valence-electron chi connectivity index (χ2n) is 5.31. The lowest BCUT2D eigenvalue weighted by atomic mass is 9.70. The molecule has 1 saturated carbocycles.